The van der Waals surface area contributed by atoms with Crippen LogP contribution in [0.5, 0.6) is 0 Å². The van der Waals surface area contributed by atoms with E-state index in [9.17, 15) is 4.79 Å². The number of halogens is 1. The molecule has 0 atom stereocenters. The van der Waals surface area contributed by atoms with E-state index in [0.29, 0.717) is 0 Å². The van der Waals surface area contributed by atoms with Crippen molar-refractivity contribution in [3.63, 3.8) is 0 Å². The van der Waals surface area contributed by atoms with Crippen molar-refractivity contribution in [3.8, 4) is 0 Å². The third kappa shape index (κ3) is 1.40. The number of carbonyl (C=O) groups is 1. The predicted octanol–water partition coefficient (Wildman–Crippen LogP) is 0.598. The molecule has 0 saturated heterocycles. The molecule has 1 heterocycles. The van der Waals surface area contributed by atoms with E-state index in [1.165, 1.54) is 6.07 Å². The first-order chi connectivity index (χ1) is 5.52. The standard InChI is InChI=1S/C6H6ClN3O2/c7-3-1-2(6(11)12)4(8)10-5(3)9/h1H,(H,11,12)(H4,8,9,10). The van der Waals surface area contributed by atoms with Crippen molar-refractivity contribution in [2.24, 2.45) is 0 Å². The third-order valence-corrected chi connectivity index (χ3v) is 1.57. The molecule has 12 heavy (non-hydrogen) atoms. The summed E-state index contributed by atoms with van der Waals surface area (Å²) in [6.45, 7) is 0. The summed E-state index contributed by atoms with van der Waals surface area (Å²) in [4.78, 5) is 14.0. The highest BCUT2D eigenvalue weighted by Crippen LogP contribution is 2.21. The Balaban J connectivity index is 3.33. The van der Waals surface area contributed by atoms with Crippen LogP contribution < -0.4 is 11.5 Å². The number of carboxylic acid groups (broad SMARTS) is 1. The van der Waals surface area contributed by atoms with Gasteiger partial charge in [-0.1, -0.05) is 11.6 Å². The Hall–Kier alpha value is -1.49. The molecule has 5 N–H and O–H groups in total. The minimum absolute atomic E-state index is 0.0270. The maximum absolute atomic E-state index is 10.5. The first-order valence-corrected chi connectivity index (χ1v) is 3.35. The van der Waals surface area contributed by atoms with E-state index in [1.807, 2.05) is 0 Å². The highest BCUT2D eigenvalue weighted by molar-refractivity contribution is 6.33. The summed E-state index contributed by atoms with van der Waals surface area (Å²) < 4.78 is 0. The zero-order valence-electron chi connectivity index (χ0n) is 5.91. The number of aromatic carboxylic acids is 1. The summed E-state index contributed by atoms with van der Waals surface area (Å²) in [6.07, 6.45) is 0. The summed E-state index contributed by atoms with van der Waals surface area (Å²) in [7, 11) is 0. The van der Waals surface area contributed by atoms with E-state index >= 15 is 0 Å². The van der Waals surface area contributed by atoms with E-state index in [0.717, 1.165) is 0 Å². The van der Waals surface area contributed by atoms with Crippen LogP contribution >= 0.6 is 11.6 Å². The molecular formula is C6H6ClN3O2. The number of pyridine rings is 1. The highest BCUT2D eigenvalue weighted by atomic mass is 35.5. The summed E-state index contributed by atoms with van der Waals surface area (Å²) in [5, 5.41) is 8.65. The van der Waals surface area contributed by atoms with Crippen LogP contribution in [0.3, 0.4) is 0 Å². The number of hydrogen-bond acceptors (Lipinski definition) is 4. The van der Waals surface area contributed by atoms with Gasteiger partial charge in [0, 0.05) is 0 Å². The molecule has 0 aliphatic rings. The van der Waals surface area contributed by atoms with E-state index in [1.54, 1.807) is 0 Å². The largest absolute Gasteiger partial charge is 0.478 e. The van der Waals surface area contributed by atoms with Gasteiger partial charge in [-0.05, 0) is 6.07 Å². The number of anilines is 2. The molecule has 0 fully saturated rings. The quantitative estimate of drug-likeness (QED) is 0.598. The second-order valence-electron chi connectivity index (χ2n) is 2.09. The first-order valence-electron chi connectivity index (χ1n) is 2.97. The van der Waals surface area contributed by atoms with Gasteiger partial charge >= 0.3 is 5.97 Å². The molecule has 1 aromatic heterocycles. The van der Waals surface area contributed by atoms with Crippen LogP contribution in [-0.4, -0.2) is 16.1 Å². The minimum atomic E-state index is -1.18. The third-order valence-electron chi connectivity index (χ3n) is 1.26. The summed E-state index contributed by atoms with van der Waals surface area (Å²) in [5.74, 6) is -1.29. The topological polar surface area (TPSA) is 102 Å². The molecule has 0 aliphatic carbocycles. The van der Waals surface area contributed by atoms with Crippen LogP contribution in [0.1, 0.15) is 10.4 Å². The number of hydrogen-bond donors (Lipinski definition) is 3. The number of rotatable bonds is 1. The summed E-state index contributed by atoms with van der Waals surface area (Å²) in [5.41, 5.74) is 10.4. The van der Waals surface area contributed by atoms with Crippen LogP contribution in [0.15, 0.2) is 6.07 Å². The Morgan fingerprint density at radius 2 is 2.08 bits per heavy atom. The lowest BCUT2D eigenvalue weighted by Crippen LogP contribution is -2.06. The number of aromatic nitrogens is 1. The molecule has 0 amide bonds. The van der Waals surface area contributed by atoms with Gasteiger partial charge in [0.1, 0.15) is 17.2 Å². The lowest BCUT2D eigenvalue weighted by molar-refractivity contribution is 0.0698. The summed E-state index contributed by atoms with van der Waals surface area (Å²) in [6, 6.07) is 1.17. The second-order valence-corrected chi connectivity index (χ2v) is 2.50. The number of carboxylic acids is 1. The molecule has 5 nitrogen and oxygen atoms in total. The zero-order valence-corrected chi connectivity index (χ0v) is 6.67. The van der Waals surface area contributed by atoms with Gasteiger partial charge in [-0.25, -0.2) is 9.78 Å². The van der Waals surface area contributed by atoms with Crippen molar-refractivity contribution < 1.29 is 9.90 Å². The van der Waals surface area contributed by atoms with Gasteiger partial charge in [0.05, 0.1) is 5.02 Å². The molecule has 0 aromatic carbocycles. The zero-order chi connectivity index (χ0) is 9.30. The lowest BCUT2D eigenvalue weighted by atomic mass is 10.2. The Bertz CT molecular complexity index is 340. The van der Waals surface area contributed by atoms with Crippen molar-refractivity contribution in [1.82, 2.24) is 4.98 Å². The van der Waals surface area contributed by atoms with Crippen LogP contribution in [0.2, 0.25) is 5.02 Å². The SMILES string of the molecule is Nc1nc(N)c(C(=O)O)cc1Cl. The average molecular weight is 188 g/mol. The smallest absolute Gasteiger partial charge is 0.339 e. The average Bonchev–Trinajstić information content (AvgIpc) is 1.96. The van der Waals surface area contributed by atoms with E-state index in [2.05, 4.69) is 4.98 Å². The van der Waals surface area contributed by atoms with Gasteiger partial charge in [-0.2, -0.15) is 0 Å². The molecule has 0 unspecified atom stereocenters. The molecule has 1 rings (SSSR count). The molecule has 0 spiro atoms. The molecule has 64 valence electrons. The fourth-order valence-corrected chi connectivity index (χ4v) is 0.841. The molecule has 1 aromatic rings. The minimum Gasteiger partial charge on any atom is -0.478 e. The Kier molecular flexibility index (Phi) is 2.05. The molecular weight excluding hydrogens is 182 g/mol. The van der Waals surface area contributed by atoms with Crippen LogP contribution in [0, 0.1) is 0 Å². The van der Waals surface area contributed by atoms with E-state index < -0.39 is 5.97 Å². The second kappa shape index (κ2) is 2.86. The molecule has 0 aliphatic heterocycles. The molecule has 0 saturated carbocycles. The van der Waals surface area contributed by atoms with E-state index in [-0.39, 0.29) is 22.2 Å². The lowest BCUT2D eigenvalue weighted by Gasteiger charge is -2.02. The number of nitrogens with two attached hydrogens (primary N) is 2. The summed E-state index contributed by atoms with van der Waals surface area (Å²) >= 11 is 5.52. The fraction of sp³-hybridized carbons (Fsp3) is 0. The van der Waals surface area contributed by atoms with Gasteiger partial charge < -0.3 is 16.6 Å². The molecule has 6 heteroatoms. The van der Waals surface area contributed by atoms with Crippen molar-refractivity contribution in [2.75, 3.05) is 11.5 Å². The van der Waals surface area contributed by atoms with E-state index in [4.69, 9.17) is 28.2 Å². The van der Waals surface area contributed by atoms with Gasteiger partial charge in [0.25, 0.3) is 0 Å². The highest BCUT2D eigenvalue weighted by Gasteiger charge is 2.11. The van der Waals surface area contributed by atoms with Gasteiger partial charge in [-0.3, -0.25) is 0 Å². The first kappa shape index (κ1) is 8.61. The molecule has 0 bridgehead atoms. The van der Waals surface area contributed by atoms with Crippen molar-refractivity contribution in [1.29, 1.82) is 0 Å². The Labute approximate surface area is 73.0 Å². The maximum Gasteiger partial charge on any atom is 0.339 e. The Morgan fingerprint density at radius 1 is 1.50 bits per heavy atom. The maximum atomic E-state index is 10.5. The number of nitrogens with zero attached hydrogens (tertiary/aromatic N) is 1. The normalized spacial score (nSPS) is 9.75. The monoisotopic (exact) mass is 187 g/mol. The van der Waals surface area contributed by atoms with Crippen molar-refractivity contribution in [2.45, 2.75) is 0 Å². The van der Waals surface area contributed by atoms with Gasteiger partial charge in [-0.15, -0.1) is 0 Å². The fourth-order valence-electron chi connectivity index (χ4n) is 0.689. The van der Waals surface area contributed by atoms with Crippen LogP contribution in [-0.2, 0) is 0 Å². The van der Waals surface area contributed by atoms with Crippen LogP contribution in [0.4, 0.5) is 11.6 Å². The molecule has 0 radical (unpaired) electrons. The van der Waals surface area contributed by atoms with Crippen molar-refractivity contribution in [3.05, 3.63) is 16.7 Å². The van der Waals surface area contributed by atoms with Gasteiger partial charge in [0.2, 0.25) is 0 Å². The number of nitrogen functional groups attached to an aromatic ring is 2. The van der Waals surface area contributed by atoms with Crippen molar-refractivity contribution >= 4 is 29.2 Å². The Morgan fingerprint density at radius 3 is 2.58 bits per heavy atom. The van der Waals surface area contributed by atoms with Gasteiger partial charge in [0.15, 0.2) is 0 Å². The predicted molar refractivity (Wildman–Crippen MR) is 45.0 cm³/mol. The van der Waals surface area contributed by atoms with Crippen LogP contribution in [0.25, 0.3) is 0 Å².